The molecule has 0 aliphatic carbocycles. The first-order chi connectivity index (χ1) is 11.8. The van der Waals surface area contributed by atoms with E-state index in [0.717, 1.165) is 18.3 Å². The number of carbonyl (C=O) groups excluding carboxylic acids is 1. The molecule has 1 amide bonds. The summed E-state index contributed by atoms with van der Waals surface area (Å²) < 4.78 is 0. The molecule has 10 nitrogen and oxygen atoms in total. The molecule has 0 spiro atoms. The van der Waals surface area contributed by atoms with Crippen LogP contribution in [0.2, 0.25) is 5.02 Å². The van der Waals surface area contributed by atoms with E-state index in [1.165, 1.54) is 24.3 Å². The molecule has 0 unspecified atom stereocenters. The van der Waals surface area contributed by atoms with Crippen molar-refractivity contribution in [3.63, 3.8) is 0 Å². The van der Waals surface area contributed by atoms with Gasteiger partial charge in [-0.25, -0.2) is 5.43 Å². The number of hydrazone groups is 1. The number of hydrogen-bond donors (Lipinski definition) is 2. The van der Waals surface area contributed by atoms with Gasteiger partial charge in [-0.05, 0) is 12.1 Å². The third-order valence-corrected chi connectivity index (χ3v) is 3.21. The van der Waals surface area contributed by atoms with E-state index in [2.05, 4.69) is 5.10 Å². The van der Waals surface area contributed by atoms with Crippen molar-refractivity contribution in [2.24, 2.45) is 5.10 Å². The lowest BCUT2D eigenvalue weighted by atomic mass is 10.2. The average Bonchev–Trinajstić information content (AvgIpc) is 2.57. The Labute approximate surface area is 144 Å². The largest absolute Gasteiger partial charge is 0.502 e. The van der Waals surface area contributed by atoms with Crippen LogP contribution in [-0.2, 0) is 0 Å². The number of rotatable bonds is 5. The lowest BCUT2D eigenvalue weighted by Crippen LogP contribution is -2.19. The first kappa shape index (κ1) is 17.8. The highest BCUT2D eigenvalue weighted by Gasteiger charge is 2.19. The van der Waals surface area contributed by atoms with Crippen LogP contribution in [0.15, 0.2) is 41.5 Å². The predicted molar refractivity (Wildman–Crippen MR) is 87.9 cm³/mol. The van der Waals surface area contributed by atoms with Gasteiger partial charge in [0.25, 0.3) is 11.6 Å². The van der Waals surface area contributed by atoms with Crippen molar-refractivity contribution in [1.82, 2.24) is 5.43 Å². The zero-order valence-electron chi connectivity index (χ0n) is 12.2. The molecule has 2 aromatic carbocycles. The molecule has 0 aliphatic heterocycles. The Kier molecular flexibility index (Phi) is 5.25. The number of amides is 1. The van der Waals surface area contributed by atoms with Crippen LogP contribution in [0.25, 0.3) is 0 Å². The number of para-hydroxylation sites is 1. The summed E-state index contributed by atoms with van der Waals surface area (Å²) >= 11 is 5.72. The van der Waals surface area contributed by atoms with E-state index in [1.807, 2.05) is 5.43 Å². The van der Waals surface area contributed by atoms with Crippen molar-refractivity contribution >= 4 is 35.1 Å². The highest BCUT2D eigenvalue weighted by atomic mass is 35.5. The number of nitro benzene ring substituents is 2. The highest BCUT2D eigenvalue weighted by Crippen LogP contribution is 2.32. The number of hydrogen-bond acceptors (Lipinski definition) is 7. The second-order valence-electron chi connectivity index (χ2n) is 4.59. The number of carbonyl (C=O) groups is 1. The van der Waals surface area contributed by atoms with Gasteiger partial charge in [-0.3, -0.25) is 25.0 Å². The van der Waals surface area contributed by atoms with Crippen molar-refractivity contribution in [2.45, 2.75) is 0 Å². The molecule has 25 heavy (non-hydrogen) atoms. The van der Waals surface area contributed by atoms with Crippen LogP contribution in [-0.4, -0.2) is 27.1 Å². The molecule has 0 atom stereocenters. The lowest BCUT2D eigenvalue weighted by molar-refractivity contribution is -0.385. The van der Waals surface area contributed by atoms with Crippen molar-refractivity contribution < 1.29 is 19.7 Å². The van der Waals surface area contributed by atoms with Gasteiger partial charge < -0.3 is 5.11 Å². The standard InChI is InChI=1S/C14H9ClN4O6/c15-9-5-8(13(20)12(6-9)19(24)25)7-16-17-14(21)10-3-1-2-4-11(10)18(22)23/h1-7,20H,(H,17,21)/b16-7+. The monoisotopic (exact) mass is 364 g/mol. The molecular formula is C14H9ClN4O6. The third-order valence-electron chi connectivity index (χ3n) is 3.00. The Morgan fingerprint density at radius 2 is 1.80 bits per heavy atom. The number of nitro groups is 2. The molecule has 0 saturated heterocycles. The van der Waals surface area contributed by atoms with E-state index in [4.69, 9.17) is 11.6 Å². The van der Waals surface area contributed by atoms with Crippen LogP contribution in [0.1, 0.15) is 15.9 Å². The first-order valence-electron chi connectivity index (χ1n) is 6.55. The molecule has 0 saturated carbocycles. The van der Waals surface area contributed by atoms with Gasteiger partial charge in [-0.1, -0.05) is 23.7 Å². The zero-order valence-corrected chi connectivity index (χ0v) is 13.0. The fraction of sp³-hybridized carbons (Fsp3) is 0. The fourth-order valence-electron chi connectivity index (χ4n) is 1.89. The Hall–Kier alpha value is -3.53. The van der Waals surface area contributed by atoms with Crippen LogP contribution in [0, 0.1) is 20.2 Å². The number of halogens is 1. The number of phenols is 1. The molecule has 0 radical (unpaired) electrons. The molecule has 0 heterocycles. The van der Waals surface area contributed by atoms with Crippen LogP contribution >= 0.6 is 11.6 Å². The zero-order chi connectivity index (χ0) is 18.6. The smallest absolute Gasteiger partial charge is 0.312 e. The molecule has 0 bridgehead atoms. The number of nitrogens with one attached hydrogen (secondary N) is 1. The van der Waals surface area contributed by atoms with E-state index < -0.39 is 32.9 Å². The van der Waals surface area contributed by atoms with Crippen LogP contribution in [0.3, 0.4) is 0 Å². The second-order valence-corrected chi connectivity index (χ2v) is 5.03. The molecule has 2 rings (SSSR count). The number of nitrogens with zero attached hydrogens (tertiary/aromatic N) is 3. The van der Waals surface area contributed by atoms with Crippen LogP contribution < -0.4 is 5.43 Å². The van der Waals surface area contributed by atoms with Crippen molar-refractivity contribution in [2.75, 3.05) is 0 Å². The van der Waals surface area contributed by atoms with Gasteiger partial charge >= 0.3 is 5.69 Å². The average molecular weight is 365 g/mol. The minimum Gasteiger partial charge on any atom is -0.502 e. The number of phenolic OH excluding ortho intramolecular Hbond substituents is 1. The predicted octanol–water partition coefficient (Wildman–Crippen LogP) is 2.63. The van der Waals surface area contributed by atoms with Gasteiger partial charge in [0.05, 0.1) is 16.1 Å². The number of benzene rings is 2. The van der Waals surface area contributed by atoms with Crippen LogP contribution in [0.5, 0.6) is 5.75 Å². The highest BCUT2D eigenvalue weighted by molar-refractivity contribution is 6.31. The Balaban J connectivity index is 2.24. The van der Waals surface area contributed by atoms with Crippen molar-refractivity contribution in [3.05, 3.63) is 72.8 Å². The molecule has 0 aromatic heterocycles. The molecule has 128 valence electrons. The van der Waals surface area contributed by atoms with E-state index in [0.29, 0.717) is 0 Å². The summed E-state index contributed by atoms with van der Waals surface area (Å²) in [6, 6.07) is 7.40. The number of aromatic hydroxyl groups is 1. The van der Waals surface area contributed by atoms with E-state index >= 15 is 0 Å². The minimum absolute atomic E-state index is 0.0176. The maximum atomic E-state index is 12.0. The quantitative estimate of drug-likeness (QED) is 0.473. The maximum Gasteiger partial charge on any atom is 0.312 e. The summed E-state index contributed by atoms with van der Waals surface area (Å²) in [5.41, 5.74) is 0.682. The van der Waals surface area contributed by atoms with Gasteiger partial charge in [0.2, 0.25) is 5.75 Å². The van der Waals surface area contributed by atoms with Crippen molar-refractivity contribution in [1.29, 1.82) is 0 Å². The molecule has 0 fully saturated rings. The van der Waals surface area contributed by atoms with Crippen molar-refractivity contribution in [3.8, 4) is 5.75 Å². The SMILES string of the molecule is O=C(N/N=C/c1cc(Cl)cc([N+](=O)[O-])c1O)c1ccccc1[N+](=O)[O-]. The summed E-state index contributed by atoms with van der Waals surface area (Å²) in [7, 11) is 0. The molecular weight excluding hydrogens is 356 g/mol. The minimum atomic E-state index is -0.862. The van der Waals surface area contributed by atoms with Gasteiger partial charge in [-0.15, -0.1) is 0 Å². The Morgan fingerprint density at radius 1 is 1.16 bits per heavy atom. The molecule has 11 heteroatoms. The van der Waals surface area contributed by atoms with Gasteiger partial charge in [0.1, 0.15) is 5.56 Å². The van der Waals surface area contributed by atoms with Crippen LogP contribution in [0.4, 0.5) is 11.4 Å². The molecule has 0 aliphatic rings. The lowest BCUT2D eigenvalue weighted by Gasteiger charge is -2.03. The first-order valence-corrected chi connectivity index (χ1v) is 6.92. The van der Waals surface area contributed by atoms with E-state index in [9.17, 15) is 30.1 Å². The maximum absolute atomic E-state index is 12.0. The summed E-state index contributed by atoms with van der Waals surface area (Å²) in [5, 5.41) is 35.0. The van der Waals surface area contributed by atoms with Gasteiger partial charge in [-0.2, -0.15) is 5.10 Å². The fourth-order valence-corrected chi connectivity index (χ4v) is 2.11. The normalized spacial score (nSPS) is 10.6. The summed E-state index contributed by atoms with van der Waals surface area (Å²) in [4.78, 5) is 32.1. The second kappa shape index (κ2) is 7.36. The van der Waals surface area contributed by atoms with E-state index in [1.54, 1.807) is 0 Å². The van der Waals surface area contributed by atoms with Gasteiger partial charge in [0.15, 0.2) is 0 Å². The summed E-state index contributed by atoms with van der Waals surface area (Å²) in [5.74, 6) is -1.54. The topological polar surface area (TPSA) is 148 Å². The Morgan fingerprint density at radius 3 is 2.44 bits per heavy atom. The third kappa shape index (κ3) is 4.06. The van der Waals surface area contributed by atoms with Gasteiger partial charge in [0, 0.05) is 22.7 Å². The Bertz CT molecular complexity index is 899. The summed E-state index contributed by atoms with van der Waals surface area (Å²) in [6.45, 7) is 0. The molecule has 2 aromatic rings. The van der Waals surface area contributed by atoms with E-state index in [-0.39, 0.29) is 16.1 Å². The molecule has 2 N–H and O–H groups in total. The summed E-state index contributed by atoms with van der Waals surface area (Å²) in [6.07, 6.45) is 0.931.